The van der Waals surface area contributed by atoms with Gasteiger partial charge < -0.3 is 24.7 Å². The molecule has 0 aliphatic carbocycles. The predicted molar refractivity (Wildman–Crippen MR) is 124 cm³/mol. The van der Waals surface area contributed by atoms with E-state index in [4.69, 9.17) is 4.74 Å². The van der Waals surface area contributed by atoms with E-state index in [9.17, 15) is 24.6 Å². The summed E-state index contributed by atoms with van der Waals surface area (Å²) in [6.45, 7) is 8.86. The standard InChI is InChI=1S/C23H35N3O6S/c1-2-7-25(10-9-24-11-14-32-15-12-24)21(29)19-23-6-5-16(33-23)17(22(30)31)18(23)20(28)26(19)8-3-4-13-27/h2,16-19,27H,1,3-15H2,(H,30,31)/t16-,17+,18-,19?,23?/m0/s1. The van der Waals surface area contributed by atoms with Crippen molar-refractivity contribution < 1.29 is 29.3 Å². The summed E-state index contributed by atoms with van der Waals surface area (Å²) in [6, 6.07) is -0.669. The smallest absolute Gasteiger partial charge is 0.308 e. The number of carbonyl (C=O) groups is 3. The van der Waals surface area contributed by atoms with E-state index < -0.39 is 28.6 Å². The van der Waals surface area contributed by atoms with Gasteiger partial charge >= 0.3 is 5.97 Å². The summed E-state index contributed by atoms with van der Waals surface area (Å²) in [5.41, 5.74) is 0. The quantitative estimate of drug-likeness (QED) is 0.320. The van der Waals surface area contributed by atoms with Crippen molar-refractivity contribution in [1.82, 2.24) is 14.7 Å². The maximum absolute atomic E-state index is 14.0. The van der Waals surface area contributed by atoms with Crippen molar-refractivity contribution >= 4 is 29.5 Å². The predicted octanol–water partition coefficient (Wildman–Crippen LogP) is 0.282. The molecule has 4 rings (SSSR count). The fourth-order valence-corrected chi connectivity index (χ4v) is 8.26. The Hall–Kier alpha value is -1.62. The van der Waals surface area contributed by atoms with Crippen molar-refractivity contribution in [3.8, 4) is 0 Å². The molecule has 184 valence electrons. The normalized spacial score (nSPS) is 33.4. The molecule has 4 aliphatic heterocycles. The van der Waals surface area contributed by atoms with Crippen LogP contribution in [-0.4, -0.2) is 118 Å². The molecule has 0 aromatic heterocycles. The number of hydrogen-bond acceptors (Lipinski definition) is 7. The highest BCUT2D eigenvalue weighted by Gasteiger charge is 2.73. The molecule has 2 bridgehead atoms. The van der Waals surface area contributed by atoms with Gasteiger partial charge in [-0.15, -0.1) is 18.3 Å². The number of ether oxygens (including phenoxy) is 1. The average molecular weight is 482 g/mol. The van der Waals surface area contributed by atoms with Crippen LogP contribution in [0.3, 0.4) is 0 Å². The van der Waals surface area contributed by atoms with Gasteiger partial charge in [0.1, 0.15) is 6.04 Å². The number of carbonyl (C=O) groups excluding carboxylic acids is 2. The van der Waals surface area contributed by atoms with Gasteiger partial charge in [-0.3, -0.25) is 19.3 Å². The molecule has 4 fully saturated rings. The van der Waals surface area contributed by atoms with E-state index in [-0.39, 0.29) is 23.7 Å². The minimum absolute atomic E-state index is 0.0198. The number of carboxylic acid groups (broad SMARTS) is 1. The topological polar surface area (TPSA) is 111 Å². The zero-order chi connectivity index (χ0) is 23.6. The lowest BCUT2D eigenvalue weighted by atomic mass is 9.71. The molecule has 0 radical (unpaired) electrons. The lowest BCUT2D eigenvalue weighted by Gasteiger charge is -2.38. The van der Waals surface area contributed by atoms with E-state index in [0.717, 1.165) is 26.1 Å². The highest BCUT2D eigenvalue weighted by Crippen LogP contribution is 2.66. The Balaban J connectivity index is 1.59. The number of aliphatic hydroxyl groups is 1. The van der Waals surface area contributed by atoms with Crippen molar-refractivity contribution in [2.75, 3.05) is 59.1 Å². The van der Waals surface area contributed by atoms with Crippen LogP contribution in [0, 0.1) is 11.8 Å². The number of carboxylic acids is 1. The van der Waals surface area contributed by atoms with E-state index in [2.05, 4.69) is 11.5 Å². The van der Waals surface area contributed by atoms with E-state index >= 15 is 0 Å². The van der Waals surface area contributed by atoms with Gasteiger partial charge in [0, 0.05) is 51.1 Å². The number of amides is 2. The molecular weight excluding hydrogens is 446 g/mol. The summed E-state index contributed by atoms with van der Waals surface area (Å²) in [4.78, 5) is 45.4. The van der Waals surface area contributed by atoms with Crippen LogP contribution in [0.15, 0.2) is 12.7 Å². The number of morpholine rings is 1. The summed E-state index contributed by atoms with van der Waals surface area (Å²) in [5.74, 6) is -2.66. The largest absolute Gasteiger partial charge is 0.481 e. The first kappa shape index (κ1) is 24.5. The van der Waals surface area contributed by atoms with Crippen molar-refractivity contribution in [2.24, 2.45) is 11.8 Å². The van der Waals surface area contributed by atoms with Gasteiger partial charge in [0.15, 0.2) is 0 Å². The van der Waals surface area contributed by atoms with Crippen LogP contribution < -0.4 is 0 Å². The number of rotatable bonds is 11. The molecule has 0 aromatic carbocycles. The second-order valence-electron chi connectivity index (χ2n) is 9.38. The van der Waals surface area contributed by atoms with Crippen molar-refractivity contribution in [2.45, 2.75) is 41.7 Å². The van der Waals surface area contributed by atoms with Crippen molar-refractivity contribution in [1.29, 1.82) is 0 Å². The number of aliphatic carboxylic acids is 1. The Morgan fingerprint density at radius 3 is 2.70 bits per heavy atom. The van der Waals surface area contributed by atoms with Crippen molar-refractivity contribution in [3.05, 3.63) is 12.7 Å². The third kappa shape index (κ3) is 4.42. The van der Waals surface area contributed by atoms with Gasteiger partial charge in [-0.05, 0) is 25.7 Å². The number of nitrogens with zero attached hydrogens (tertiary/aromatic N) is 3. The minimum Gasteiger partial charge on any atom is -0.481 e. The van der Waals surface area contributed by atoms with Gasteiger partial charge in [-0.1, -0.05) is 6.08 Å². The van der Waals surface area contributed by atoms with Crippen LogP contribution in [-0.2, 0) is 19.1 Å². The lowest BCUT2D eigenvalue weighted by Crippen LogP contribution is -2.56. The second kappa shape index (κ2) is 10.3. The molecule has 2 amide bonds. The minimum atomic E-state index is -0.939. The molecule has 4 heterocycles. The Labute approximate surface area is 199 Å². The van der Waals surface area contributed by atoms with Gasteiger partial charge in [-0.25, -0.2) is 0 Å². The fraction of sp³-hybridized carbons (Fsp3) is 0.783. The van der Waals surface area contributed by atoms with E-state index in [1.54, 1.807) is 27.6 Å². The summed E-state index contributed by atoms with van der Waals surface area (Å²) in [5, 5.41) is 19.0. The third-order valence-electron chi connectivity index (χ3n) is 7.58. The van der Waals surface area contributed by atoms with E-state index in [0.29, 0.717) is 52.1 Å². The highest BCUT2D eigenvalue weighted by atomic mass is 32.2. The number of fused-ring (bicyclic) bond motifs is 1. The molecule has 1 spiro atoms. The Kier molecular flexibility index (Phi) is 7.67. The molecule has 4 saturated heterocycles. The molecule has 0 saturated carbocycles. The highest BCUT2D eigenvalue weighted by molar-refractivity contribution is 8.02. The van der Waals surface area contributed by atoms with E-state index in [1.807, 2.05) is 0 Å². The Morgan fingerprint density at radius 1 is 1.27 bits per heavy atom. The summed E-state index contributed by atoms with van der Waals surface area (Å²) < 4.78 is 4.73. The van der Waals surface area contributed by atoms with Crippen LogP contribution in [0.1, 0.15) is 25.7 Å². The molecule has 10 heteroatoms. The number of likely N-dealkylation sites (tertiary alicyclic amines) is 1. The van der Waals surface area contributed by atoms with Gasteiger partial charge in [0.25, 0.3) is 0 Å². The molecule has 2 N–H and O–H groups in total. The van der Waals surface area contributed by atoms with Crippen molar-refractivity contribution in [3.63, 3.8) is 0 Å². The summed E-state index contributed by atoms with van der Waals surface area (Å²) in [6.07, 6.45) is 4.22. The Morgan fingerprint density at radius 2 is 2.03 bits per heavy atom. The monoisotopic (exact) mass is 481 g/mol. The Bertz CT molecular complexity index is 775. The van der Waals surface area contributed by atoms with Crippen LogP contribution in [0.5, 0.6) is 0 Å². The second-order valence-corrected chi connectivity index (χ2v) is 11.0. The lowest BCUT2D eigenvalue weighted by molar-refractivity contribution is -0.148. The summed E-state index contributed by atoms with van der Waals surface area (Å²) in [7, 11) is 0. The maximum atomic E-state index is 14.0. The van der Waals surface area contributed by atoms with E-state index in [1.165, 1.54) is 0 Å². The third-order valence-corrected chi connectivity index (χ3v) is 9.53. The summed E-state index contributed by atoms with van der Waals surface area (Å²) >= 11 is 1.56. The van der Waals surface area contributed by atoms with Crippen LogP contribution in [0.2, 0.25) is 0 Å². The fourth-order valence-electron chi connectivity index (χ4n) is 6.06. The zero-order valence-corrected chi connectivity index (χ0v) is 19.9. The molecule has 2 unspecified atom stereocenters. The first-order valence-electron chi connectivity index (χ1n) is 12.0. The SMILES string of the molecule is C=CCN(CCN1CCOCC1)C(=O)C1N(CCCCO)C(=O)[C@@H]2[C@H](C(=O)O)[C@@H]3CCC12S3. The maximum Gasteiger partial charge on any atom is 0.308 e. The molecule has 33 heavy (non-hydrogen) atoms. The molecule has 9 nitrogen and oxygen atoms in total. The number of aliphatic hydroxyl groups excluding tert-OH is 1. The number of unbranched alkanes of at least 4 members (excludes halogenated alkanes) is 1. The van der Waals surface area contributed by atoms with Gasteiger partial charge in [0.05, 0.1) is 29.8 Å². The number of thioether (sulfide) groups is 1. The first-order chi connectivity index (χ1) is 15.9. The van der Waals surface area contributed by atoms with Crippen LogP contribution in [0.4, 0.5) is 0 Å². The van der Waals surface area contributed by atoms with Gasteiger partial charge in [0.2, 0.25) is 11.8 Å². The molecular formula is C23H35N3O6S. The zero-order valence-electron chi connectivity index (χ0n) is 19.1. The molecule has 5 atom stereocenters. The van der Waals surface area contributed by atoms with Gasteiger partial charge in [-0.2, -0.15) is 0 Å². The van der Waals surface area contributed by atoms with Crippen LogP contribution >= 0.6 is 11.8 Å². The van der Waals surface area contributed by atoms with Crippen LogP contribution in [0.25, 0.3) is 0 Å². The molecule has 4 aliphatic rings. The molecule has 0 aromatic rings. The number of hydrogen-bond donors (Lipinski definition) is 2. The first-order valence-corrected chi connectivity index (χ1v) is 12.8. The average Bonchev–Trinajstić information content (AvgIpc) is 3.45.